The maximum atomic E-state index is 12.2. The van der Waals surface area contributed by atoms with Crippen molar-refractivity contribution < 1.29 is 13.7 Å². The van der Waals surface area contributed by atoms with E-state index in [0.29, 0.717) is 17.8 Å². The summed E-state index contributed by atoms with van der Waals surface area (Å²) in [6, 6.07) is 4.45. The Morgan fingerprint density at radius 1 is 1.34 bits per heavy atom. The fourth-order valence-corrected chi connectivity index (χ4v) is 5.57. The number of nitrogens with one attached hydrogen (secondary N) is 2. The van der Waals surface area contributed by atoms with Crippen LogP contribution in [-0.4, -0.2) is 47.0 Å². The van der Waals surface area contributed by atoms with Gasteiger partial charge in [-0.25, -0.2) is 4.99 Å². The first-order valence-corrected chi connectivity index (χ1v) is 12.2. The number of methoxy groups -OCH3 is 1. The van der Waals surface area contributed by atoms with Gasteiger partial charge in [-0.05, 0) is 45.2 Å². The summed E-state index contributed by atoms with van der Waals surface area (Å²) >= 11 is 0. The number of aliphatic imine (C=N–C) groups is 1. The van der Waals surface area contributed by atoms with Crippen molar-refractivity contribution in [3.8, 4) is 11.5 Å². The zero-order valence-electron chi connectivity index (χ0n) is 18.1. The summed E-state index contributed by atoms with van der Waals surface area (Å²) in [6.45, 7) is 7.47. The largest absolute Gasteiger partial charge is 0.496 e. The van der Waals surface area contributed by atoms with Crippen LogP contribution < -0.4 is 20.1 Å². The normalized spacial score (nSPS) is 25.1. The smallest absolute Gasteiger partial charge is 0.191 e. The highest BCUT2D eigenvalue weighted by atomic mass is 32.2. The topological polar surface area (TPSA) is 72.0 Å². The Morgan fingerprint density at radius 2 is 2.17 bits per heavy atom. The first-order chi connectivity index (χ1) is 14.0. The first-order valence-electron chi connectivity index (χ1n) is 10.8. The van der Waals surface area contributed by atoms with Crippen LogP contribution in [0.25, 0.3) is 0 Å². The number of ether oxygens (including phenoxy) is 2. The lowest BCUT2D eigenvalue weighted by atomic mass is 9.95. The van der Waals surface area contributed by atoms with Gasteiger partial charge in [0.05, 0.1) is 13.7 Å². The van der Waals surface area contributed by atoms with Crippen molar-refractivity contribution in [2.24, 2.45) is 4.99 Å². The number of benzene rings is 1. The molecule has 1 heterocycles. The van der Waals surface area contributed by atoms with E-state index in [1.165, 1.54) is 5.56 Å². The predicted molar refractivity (Wildman–Crippen MR) is 119 cm³/mol. The molecular weight excluding hydrogens is 386 g/mol. The van der Waals surface area contributed by atoms with Crippen LogP contribution in [0.3, 0.4) is 0 Å². The van der Waals surface area contributed by atoms with Crippen molar-refractivity contribution in [2.45, 2.75) is 76.8 Å². The zero-order chi connectivity index (χ0) is 20.8. The number of guanidine groups is 1. The van der Waals surface area contributed by atoms with E-state index in [1.54, 1.807) is 7.11 Å². The molecule has 3 rings (SSSR count). The molecule has 1 aliphatic heterocycles. The van der Waals surface area contributed by atoms with Gasteiger partial charge in [-0.1, -0.05) is 13.3 Å². The Hall–Kier alpha value is -1.76. The first kappa shape index (κ1) is 21.9. The third-order valence-corrected chi connectivity index (χ3v) is 7.41. The van der Waals surface area contributed by atoms with Crippen molar-refractivity contribution in [2.75, 3.05) is 19.4 Å². The van der Waals surface area contributed by atoms with E-state index >= 15 is 0 Å². The van der Waals surface area contributed by atoms with Gasteiger partial charge in [0.25, 0.3) is 0 Å². The van der Waals surface area contributed by atoms with Gasteiger partial charge in [-0.2, -0.15) is 0 Å². The quantitative estimate of drug-likeness (QED) is 0.523. The molecular formula is C22H35N3O3S. The lowest BCUT2D eigenvalue weighted by Crippen LogP contribution is -2.46. The van der Waals surface area contributed by atoms with E-state index in [2.05, 4.69) is 36.6 Å². The van der Waals surface area contributed by atoms with Crippen molar-refractivity contribution in [1.29, 1.82) is 0 Å². The van der Waals surface area contributed by atoms with Crippen LogP contribution in [0.2, 0.25) is 0 Å². The van der Waals surface area contributed by atoms with Crippen LogP contribution in [0.4, 0.5) is 0 Å². The second-order valence-electron chi connectivity index (χ2n) is 7.90. The molecule has 1 aliphatic carbocycles. The molecule has 2 aliphatic rings. The van der Waals surface area contributed by atoms with Gasteiger partial charge >= 0.3 is 0 Å². The molecule has 0 spiro atoms. The average Bonchev–Trinajstić information content (AvgIpc) is 3.09. The lowest BCUT2D eigenvalue weighted by molar-refractivity contribution is 0.254. The molecule has 1 aromatic carbocycles. The molecule has 1 saturated carbocycles. The Morgan fingerprint density at radius 3 is 2.90 bits per heavy atom. The number of fused-ring (bicyclic) bond motifs is 1. The molecule has 1 aromatic rings. The number of nitrogens with zero attached hydrogens (tertiary/aromatic N) is 1. The molecule has 4 atom stereocenters. The molecule has 29 heavy (non-hydrogen) atoms. The minimum absolute atomic E-state index is 0.209. The van der Waals surface area contributed by atoms with Gasteiger partial charge in [0, 0.05) is 51.9 Å². The molecule has 6 nitrogen and oxygen atoms in total. The molecule has 0 bridgehead atoms. The summed E-state index contributed by atoms with van der Waals surface area (Å²) in [5.41, 5.74) is 2.22. The van der Waals surface area contributed by atoms with Crippen molar-refractivity contribution in [1.82, 2.24) is 10.6 Å². The molecule has 0 radical (unpaired) electrons. The zero-order valence-corrected chi connectivity index (χ0v) is 18.9. The van der Waals surface area contributed by atoms with Crippen LogP contribution in [0.1, 0.15) is 57.6 Å². The lowest BCUT2D eigenvalue weighted by Gasteiger charge is -2.30. The Balaban J connectivity index is 1.70. The highest BCUT2D eigenvalue weighted by Gasteiger charge is 2.26. The number of hydrogen-bond donors (Lipinski definition) is 2. The minimum atomic E-state index is -0.724. The van der Waals surface area contributed by atoms with Crippen molar-refractivity contribution in [3.63, 3.8) is 0 Å². The maximum absolute atomic E-state index is 12.2. The van der Waals surface area contributed by atoms with E-state index in [9.17, 15) is 4.21 Å². The van der Waals surface area contributed by atoms with E-state index in [1.807, 2.05) is 6.92 Å². The van der Waals surface area contributed by atoms with Crippen LogP contribution in [0.15, 0.2) is 17.1 Å². The summed E-state index contributed by atoms with van der Waals surface area (Å²) in [5, 5.41) is 7.21. The summed E-state index contributed by atoms with van der Waals surface area (Å²) in [7, 11) is 0.978. The number of hydrogen-bond acceptors (Lipinski definition) is 4. The van der Waals surface area contributed by atoms with Crippen LogP contribution in [0.5, 0.6) is 11.5 Å². The van der Waals surface area contributed by atoms with Crippen molar-refractivity contribution >= 4 is 16.8 Å². The molecule has 7 heteroatoms. The van der Waals surface area contributed by atoms with Gasteiger partial charge in [0.2, 0.25) is 0 Å². The molecule has 2 N–H and O–H groups in total. The van der Waals surface area contributed by atoms with Gasteiger partial charge in [-0.15, -0.1) is 0 Å². The Kier molecular flexibility index (Phi) is 7.81. The predicted octanol–water partition coefficient (Wildman–Crippen LogP) is 3.15. The van der Waals surface area contributed by atoms with Gasteiger partial charge in [0.15, 0.2) is 5.96 Å². The monoisotopic (exact) mass is 421 g/mol. The van der Waals surface area contributed by atoms with Crippen LogP contribution >= 0.6 is 0 Å². The highest BCUT2D eigenvalue weighted by molar-refractivity contribution is 7.85. The standard InChI is InChI=1S/C22H35N3O3S/c1-5-23-22(25-18-8-7-9-19(13-18)29(26)6-2)24-14-17-12-21-16(10-15(3)28-21)11-20(17)27-4/h11-12,15,18-19H,5-10,13-14H2,1-4H3,(H2,23,24,25). The fraction of sp³-hybridized carbons (Fsp3) is 0.682. The summed E-state index contributed by atoms with van der Waals surface area (Å²) < 4.78 is 23.7. The molecule has 162 valence electrons. The van der Waals surface area contributed by atoms with E-state index in [0.717, 1.165) is 67.4 Å². The van der Waals surface area contributed by atoms with E-state index in [4.69, 9.17) is 14.5 Å². The fourth-order valence-electron chi connectivity index (χ4n) is 4.22. The molecule has 0 aromatic heterocycles. The molecule has 0 amide bonds. The van der Waals surface area contributed by atoms with Gasteiger partial charge in [0.1, 0.15) is 17.6 Å². The second-order valence-corrected chi connectivity index (χ2v) is 9.90. The van der Waals surface area contributed by atoms with Crippen LogP contribution in [-0.2, 0) is 23.8 Å². The van der Waals surface area contributed by atoms with E-state index in [-0.39, 0.29) is 6.10 Å². The second kappa shape index (κ2) is 10.3. The Bertz CT molecular complexity index is 753. The summed E-state index contributed by atoms with van der Waals surface area (Å²) in [4.78, 5) is 4.80. The number of rotatable bonds is 7. The average molecular weight is 422 g/mol. The molecule has 1 fully saturated rings. The SMILES string of the molecule is CCNC(=NCc1cc2c(cc1OC)CC(C)O2)NC1CCCC(S(=O)CC)C1. The highest BCUT2D eigenvalue weighted by Crippen LogP contribution is 2.35. The third-order valence-electron chi connectivity index (χ3n) is 5.67. The van der Waals surface area contributed by atoms with Gasteiger partial charge in [-0.3, -0.25) is 4.21 Å². The third kappa shape index (κ3) is 5.65. The summed E-state index contributed by atoms with van der Waals surface area (Å²) in [5.74, 6) is 3.35. The van der Waals surface area contributed by atoms with Crippen molar-refractivity contribution in [3.05, 3.63) is 23.3 Å². The molecule has 4 unspecified atom stereocenters. The molecule has 0 saturated heterocycles. The Labute approximate surface area is 177 Å². The van der Waals surface area contributed by atoms with Gasteiger partial charge < -0.3 is 20.1 Å². The summed E-state index contributed by atoms with van der Waals surface area (Å²) in [6.07, 6.45) is 5.34. The van der Waals surface area contributed by atoms with Crippen LogP contribution in [0, 0.1) is 0 Å². The minimum Gasteiger partial charge on any atom is -0.496 e. The van der Waals surface area contributed by atoms with E-state index < -0.39 is 10.8 Å². The maximum Gasteiger partial charge on any atom is 0.191 e.